The van der Waals surface area contributed by atoms with E-state index in [4.69, 9.17) is 4.74 Å². The third-order valence-corrected chi connectivity index (χ3v) is 6.88. The number of ether oxygens (including phenoxy) is 1. The number of hydrogen-bond donors (Lipinski definition) is 1. The van der Waals surface area contributed by atoms with Crippen LogP contribution in [0.3, 0.4) is 0 Å². The third-order valence-electron chi connectivity index (χ3n) is 6.88. The zero-order chi connectivity index (χ0) is 26.9. The number of carbonyl (C=O) groups is 2. The Hall–Kier alpha value is -3.93. The number of Topliss-reactive ketones (excluding diaryl/α,β-unsaturated/α-hetero) is 1. The fraction of sp³-hybridized carbons (Fsp3) is 0.290. The summed E-state index contributed by atoms with van der Waals surface area (Å²) >= 11 is 0. The average molecular weight is 502 g/mol. The topological polar surface area (TPSA) is 66.8 Å². The van der Waals surface area contributed by atoms with E-state index in [1.54, 1.807) is 37.4 Å². The van der Waals surface area contributed by atoms with Gasteiger partial charge in [-0.1, -0.05) is 57.2 Å². The lowest BCUT2D eigenvalue weighted by molar-refractivity contribution is -0.139. The summed E-state index contributed by atoms with van der Waals surface area (Å²) in [7, 11) is 1.56. The largest absolute Gasteiger partial charge is 0.507 e. The minimum atomic E-state index is -0.754. The summed E-state index contributed by atoms with van der Waals surface area (Å²) in [6.45, 7) is 8.39. The van der Waals surface area contributed by atoms with E-state index >= 15 is 0 Å². The molecule has 1 saturated heterocycles. The molecule has 1 aliphatic heterocycles. The van der Waals surface area contributed by atoms with Crippen molar-refractivity contribution in [3.05, 3.63) is 106 Å². The molecule has 6 heteroatoms. The molecule has 1 aliphatic rings. The molecule has 1 atom stereocenters. The van der Waals surface area contributed by atoms with Gasteiger partial charge in [-0.15, -0.1) is 0 Å². The van der Waals surface area contributed by atoms with Crippen LogP contribution in [0.4, 0.5) is 4.39 Å². The van der Waals surface area contributed by atoms with Crippen molar-refractivity contribution in [2.75, 3.05) is 13.7 Å². The van der Waals surface area contributed by atoms with E-state index in [1.165, 1.54) is 17.0 Å². The number of rotatable bonds is 6. The smallest absolute Gasteiger partial charge is 0.295 e. The number of benzene rings is 3. The highest BCUT2D eigenvalue weighted by atomic mass is 19.1. The van der Waals surface area contributed by atoms with Gasteiger partial charge in [-0.25, -0.2) is 4.39 Å². The molecular formula is C31H32FNO4. The second-order valence-corrected chi connectivity index (χ2v) is 10.4. The van der Waals surface area contributed by atoms with Gasteiger partial charge >= 0.3 is 0 Å². The highest BCUT2D eigenvalue weighted by Crippen LogP contribution is 2.40. The number of methoxy groups -OCH3 is 1. The van der Waals surface area contributed by atoms with E-state index in [9.17, 15) is 19.1 Å². The molecule has 5 nitrogen and oxygen atoms in total. The quantitative estimate of drug-likeness (QED) is 0.252. The van der Waals surface area contributed by atoms with Crippen LogP contribution in [0.25, 0.3) is 5.76 Å². The van der Waals surface area contributed by atoms with Crippen molar-refractivity contribution < 1.29 is 23.8 Å². The molecule has 0 aliphatic carbocycles. The standard InChI is InChI=1S/C31H32FNO4/c1-19-18-24(37-5)14-15-25(19)28(34)26-27(21-8-10-22(11-9-21)31(2,3)4)33(30(36)29(26)35)17-16-20-6-12-23(32)13-7-20/h6-15,18,27,34H,16-17H2,1-5H3/b28-26-. The van der Waals surface area contributed by atoms with Crippen LogP contribution < -0.4 is 4.74 Å². The van der Waals surface area contributed by atoms with E-state index in [1.807, 2.05) is 31.2 Å². The first kappa shape index (κ1) is 26.1. The summed E-state index contributed by atoms with van der Waals surface area (Å²) in [6.07, 6.45) is 0.436. The Morgan fingerprint density at radius 3 is 2.22 bits per heavy atom. The van der Waals surface area contributed by atoms with Crippen LogP contribution in [0.5, 0.6) is 5.75 Å². The molecule has 3 aromatic carbocycles. The summed E-state index contributed by atoms with van der Waals surface area (Å²) in [5.41, 5.74) is 3.87. The van der Waals surface area contributed by atoms with E-state index in [0.29, 0.717) is 17.7 Å². The van der Waals surface area contributed by atoms with Crippen molar-refractivity contribution in [2.24, 2.45) is 0 Å². The highest BCUT2D eigenvalue weighted by molar-refractivity contribution is 6.46. The Kier molecular flexibility index (Phi) is 7.21. The lowest BCUT2D eigenvalue weighted by Gasteiger charge is -2.26. The summed E-state index contributed by atoms with van der Waals surface area (Å²) in [6, 6.07) is 18.3. The molecule has 1 amide bonds. The Bertz CT molecular complexity index is 1350. The molecule has 37 heavy (non-hydrogen) atoms. The normalized spacial score (nSPS) is 17.4. The lowest BCUT2D eigenvalue weighted by atomic mass is 9.85. The van der Waals surface area contributed by atoms with E-state index in [2.05, 4.69) is 20.8 Å². The van der Waals surface area contributed by atoms with Crippen LogP contribution in [0.2, 0.25) is 0 Å². The fourth-order valence-electron chi connectivity index (χ4n) is 4.70. The number of aryl methyl sites for hydroxylation is 1. The molecule has 1 unspecified atom stereocenters. The number of aliphatic hydroxyl groups excluding tert-OH is 1. The van der Waals surface area contributed by atoms with Crippen molar-refractivity contribution in [1.82, 2.24) is 4.90 Å². The fourth-order valence-corrected chi connectivity index (χ4v) is 4.70. The molecule has 1 fully saturated rings. The van der Waals surface area contributed by atoms with Crippen LogP contribution in [0.1, 0.15) is 54.6 Å². The zero-order valence-corrected chi connectivity index (χ0v) is 21.8. The Labute approximate surface area is 217 Å². The van der Waals surface area contributed by atoms with Gasteiger partial charge in [0.1, 0.15) is 17.3 Å². The number of nitrogens with zero attached hydrogens (tertiary/aromatic N) is 1. The summed E-state index contributed by atoms with van der Waals surface area (Å²) in [5.74, 6) is -1.31. The molecular weight excluding hydrogens is 469 g/mol. The summed E-state index contributed by atoms with van der Waals surface area (Å²) in [5, 5.41) is 11.4. The number of aliphatic hydroxyl groups is 1. The first-order valence-electron chi connectivity index (χ1n) is 12.3. The van der Waals surface area contributed by atoms with Crippen molar-refractivity contribution in [1.29, 1.82) is 0 Å². The van der Waals surface area contributed by atoms with Gasteiger partial charge in [0, 0.05) is 12.1 Å². The van der Waals surface area contributed by atoms with Crippen LogP contribution in [0, 0.1) is 12.7 Å². The summed E-state index contributed by atoms with van der Waals surface area (Å²) < 4.78 is 18.6. The molecule has 0 bridgehead atoms. The number of halogens is 1. The molecule has 0 spiro atoms. The van der Waals surface area contributed by atoms with Gasteiger partial charge in [-0.05, 0) is 71.3 Å². The maximum atomic E-state index is 13.4. The first-order valence-corrected chi connectivity index (χ1v) is 12.3. The minimum Gasteiger partial charge on any atom is -0.507 e. The average Bonchev–Trinajstić information content (AvgIpc) is 3.12. The van der Waals surface area contributed by atoms with E-state index in [-0.39, 0.29) is 29.1 Å². The molecule has 0 radical (unpaired) electrons. The number of hydrogen-bond acceptors (Lipinski definition) is 4. The van der Waals surface area contributed by atoms with Gasteiger partial charge in [0.25, 0.3) is 11.7 Å². The molecule has 192 valence electrons. The van der Waals surface area contributed by atoms with Gasteiger partial charge in [0.05, 0.1) is 18.7 Å². The summed E-state index contributed by atoms with van der Waals surface area (Å²) in [4.78, 5) is 28.1. The maximum absolute atomic E-state index is 13.4. The van der Waals surface area contributed by atoms with Crippen LogP contribution >= 0.6 is 0 Å². The van der Waals surface area contributed by atoms with Gasteiger partial charge in [-0.3, -0.25) is 9.59 Å². The van der Waals surface area contributed by atoms with E-state index in [0.717, 1.165) is 22.3 Å². The number of ketones is 1. The Balaban J connectivity index is 1.80. The molecule has 0 saturated carbocycles. The van der Waals surface area contributed by atoms with Crippen LogP contribution in [-0.4, -0.2) is 35.4 Å². The zero-order valence-electron chi connectivity index (χ0n) is 21.8. The molecule has 3 aromatic rings. The maximum Gasteiger partial charge on any atom is 0.295 e. The minimum absolute atomic E-state index is 0.0564. The molecule has 0 aromatic heterocycles. The Morgan fingerprint density at radius 1 is 1.00 bits per heavy atom. The van der Waals surface area contributed by atoms with E-state index < -0.39 is 17.7 Å². The number of carbonyl (C=O) groups excluding carboxylic acids is 2. The molecule has 1 heterocycles. The lowest BCUT2D eigenvalue weighted by Crippen LogP contribution is -2.31. The van der Waals surface area contributed by atoms with Crippen molar-refractivity contribution in [2.45, 2.75) is 45.6 Å². The predicted molar refractivity (Wildman–Crippen MR) is 142 cm³/mol. The number of amides is 1. The second-order valence-electron chi connectivity index (χ2n) is 10.4. The molecule has 1 N–H and O–H groups in total. The van der Waals surface area contributed by atoms with Crippen LogP contribution in [0.15, 0.2) is 72.3 Å². The SMILES string of the molecule is COc1ccc(/C(O)=C2/C(=O)C(=O)N(CCc3ccc(F)cc3)C2c2ccc(C(C)(C)C)cc2)c(C)c1. The van der Waals surface area contributed by atoms with Crippen molar-refractivity contribution in [3.63, 3.8) is 0 Å². The second kappa shape index (κ2) is 10.2. The third kappa shape index (κ3) is 5.29. The molecule has 4 rings (SSSR count). The Morgan fingerprint density at radius 2 is 1.65 bits per heavy atom. The van der Waals surface area contributed by atoms with Crippen molar-refractivity contribution >= 4 is 17.4 Å². The number of likely N-dealkylation sites (tertiary alicyclic amines) is 1. The van der Waals surface area contributed by atoms with Crippen LogP contribution in [-0.2, 0) is 21.4 Å². The monoisotopic (exact) mass is 501 g/mol. The first-order chi connectivity index (χ1) is 17.5. The van der Waals surface area contributed by atoms with Gasteiger partial charge in [0.2, 0.25) is 0 Å². The van der Waals surface area contributed by atoms with Gasteiger partial charge in [-0.2, -0.15) is 0 Å². The van der Waals surface area contributed by atoms with Gasteiger partial charge < -0.3 is 14.7 Å². The van der Waals surface area contributed by atoms with Gasteiger partial charge in [0.15, 0.2) is 0 Å². The predicted octanol–water partition coefficient (Wildman–Crippen LogP) is 6.10. The highest BCUT2D eigenvalue weighted by Gasteiger charge is 2.46. The van der Waals surface area contributed by atoms with Crippen molar-refractivity contribution in [3.8, 4) is 5.75 Å².